The summed E-state index contributed by atoms with van der Waals surface area (Å²) in [6.45, 7) is 8.61. The van der Waals surface area contributed by atoms with Crippen LogP contribution >= 0.6 is 11.8 Å². The number of rotatable bonds is 11. The quantitative estimate of drug-likeness (QED) is 0.402. The standard InChI is InChI=1S/C25H31N5O3S/c1-5-19-9-13-21(14-10-19)33-18(4)24(32)26-15-22-28-29-25(30(22)6-2)34-16-23(31)27-20-11-7-17(3)8-12-20/h7-14,18H,5-6,15-16H2,1-4H3,(H,26,32)(H,27,31)/t18-/m1/s1. The molecule has 2 aromatic carbocycles. The van der Waals surface area contributed by atoms with Crippen LogP contribution in [-0.2, 0) is 29.1 Å². The normalized spacial score (nSPS) is 11.6. The lowest BCUT2D eigenvalue weighted by molar-refractivity contribution is -0.127. The zero-order valence-electron chi connectivity index (χ0n) is 20.0. The maximum Gasteiger partial charge on any atom is 0.261 e. The van der Waals surface area contributed by atoms with Crippen molar-refractivity contribution >= 4 is 29.3 Å². The smallest absolute Gasteiger partial charge is 0.261 e. The van der Waals surface area contributed by atoms with Crippen molar-refractivity contribution in [3.63, 3.8) is 0 Å². The molecule has 3 aromatic rings. The average Bonchev–Trinajstić information content (AvgIpc) is 3.24. The van der Waals surface area contributed by atoms with Gasteiger partial charge in [-0.2, -0.15) is 0 Å². The molecule has 0 fully saturated rings. The fourth-order valence-corrected chi connectivity index (χ4v) is 4.03. The topological polar surface area (TPSA) is 98.1 Å². The molecule has 9 heteroatoms. The van der Waals surface area contributed by atoms with E-state index >= 15 is 0 Å². The summed E-state index contributed by atoms with van der Waals surface area (Å²) < 4.78 is 7.63. The molecule has 1 aromatic heterocycles. The molecule has 0 saturated carbocycles. The Balaban J connectivity index is 1.50. The molecule has 0 saturated heterocycles. The Hall–Kier alpha value is -3.33. The van der Waals surface area contributed by atoms with E-state index < -0.39 is 6.10 Å². The molecule has 0 aliphatic heterocycles. The molecule has 2 N–H and O–H groups in total. The van der Waals surface area contributed by atoms with Gasteiger partial charge in [0.25, 0.3) is 5.91 Å². The van der Waals surface area contributed by atoms with E-state index in [0.29, 0.717) is 23.3 Å². The molecule has 0 unspecified atom stereocenters. The van der Waals surface area contributed by atoms with Crippen molar-refractivity contribution in [3.05, 3.63) is 65.5 Å². The third kappa shape index (κ3) is 7.08. The minimum Gasteiger partial charge on any atom is -0.481 e. The second-order valence-electron chi connectivity index (χ2n) is 7.82. The van der Waals surface area contributed by atoms with Gasteiger partial charge < -0.3 is 19.9 Å². The second kappa shape index (κ2) is 12.2. The zero-order valence-corrected chi connectivity index (χ0v) is 20.8. The predicted octanol–water partition coefficient (Wildman–Crippen LogP) is 3.98. The number of nitrogens with one attached hydrogen (secondary N) is 2. The van der Waals surface area contributed by atoms with Gasteiger partial charge in [-0.1, -0.05) is 48.5 Å². The fraction of sp³-hybridized carbons (Fsp3) is 0.360. The van der Waals surface area contributed by atoms with E-state index in [9.17, 15) is 9.59 Å². The minimum atomic E-state index is -0.648. The highest BCUT2D eigenvalue weighted by Crippen LogP contribution is 2.18. The number of carbonyl (C=O) groups excluding carboxylic acids is 2. The Morgan fingerprint density at radius 1 is 1.06 bits per heavy atom. The summed E-state index contributed by atoms with van der Waals surface area (Å²) in [5, 5.41) is 14.8. The van der Waals surface area contributed by atoms with Crippen molar-refractivity contribution in [1.29, 1.82) is 0 Å². The van der Waals surface area contributed by atoms with E-state index in [2.05, 4.69) is 27.8 Å². The van der Waals surface area contributed by atoms with Gasteiger partial charge >= 0.3 is 0 Å². The maximum atomic E-state index is 12.5. The van der Waals surface area contributed by atoms with Gasteiger partial charge in [0.1, 0.15) is 5.75 Å². The van der Waals surface area contributed by atoms with Crippen LogP contribution in [0.15, 0.2) is 53.7 Å². The van der Waals surface area contributed by atoms with Crippen molar-refractivity contribution in [2.24, 2.45) is 0 Å². The van der Waals surface area contributed by atoms with Gasteiger partial charge in [-0.25, -0.2) is 0 Å². The number of amides is 2. The lowest BCUT2D eigenvalue weighted by Gasteiger charge is -2.15. The van der Waals surface area contributed by atoms with E-state index in [1.165, 1.54) is 17.3 Å². The van der Waals surface area contributed by atoms with Crippen molar-refractivity contribution in [3.8, 4) is 5.75 Å². The first-order valence-electron chi connectivity index (χ1n) is 11.3. The number of hydrogen-bond acceptors (Lipinski definition) is 6. The molecular weight excluding hydrogens is 450 g/mol. The number of thioether (sulfide) groups is 1. The Bertz CT molecular complexity index is 1100. The average molecular weight is 482 g/mol. The third-order valence-corrected chi connectivity index (χ3v) is 6.18. The van der Waals surface area contributed by atoms with E-state index in [-0.39, 0.29) is 24.1 Å². The van der Waals surface area contributed by atoms with Gasteiger partial charge in [0.2, 0.25) is 5.91 Å². The van der Waals surface area contributed by atoms with Crippen molar-refractivity contribution in [2.45, 2.75) is 58.5 Å². The van der Waals surface area contributed by atoms with Crippen LogP contribution in [0.2, 0.25) is 0 Å². The van der Waals surface area contributed by atoms with Crippen molar-refractivity contribution < 1.29 is 14.3 Å². The molecule has 180 valence electrons. The molecule has 0 aliphatic rings. The minimum absolute atomic E-state index is 0.118. The predicted molar refractivity (Wildman–Crippen MR) is 134 cm³/mol. The van der Waals surface area contributed by atoms with Gasteiger partial charge in [0.05, 0.1) is 12.3 Å². The Morgan fingerprint density at radius 2 is 1.76 bits per heavy atom. The molecule has 0 spiro atoms. The number of nitrogens with zero attached hydrogens (tertiary/aromatic N) is 3. The first-order chi connectivity index (χ1) is 16.4. The zero-order chi connectivity index (χ0) is 24.5. The molecule has 1 atom stereocenters. The van der Waals surface area contributed by atoms with E-state index in [1.54, 1.807) is 6.92 Å². The second-order valence-corrected chi connectivity index (χ2v) is 8.76. The van der Waals surface area contributed by atoms with Crippen LogP contribution in [0.3, 0.4) is 0 Å². The summed E-state index contributed by atoms with van der Waals surface area (Å²) >= 11 is 1.31. The molecule has 1 heterocycles. The molecule has 0 aliphatic carbocycles. The van der Waals surface area contributed by atoms with Gasteiger partial charge in [-0.05, 0) is 57.0 Å². The summed E-state index contributed by atoms with van der Waals surface area (Å²) in [5.74, 6) is 1.13. The van der Waals surface area contributed by atoms with Gasteiger partial charge in [-0.15, -0.1) is 10.2 Å². The number of benzene rings is 2. The molecule has 8 nitrogen and oxygen atoms in total. The Morgan fingerprint density at radius 3 is 2.41 bits per heavy atom. The van der Waals surface area contributed by atoms with Gasteiger partial charge in [-0.3, -0.25) is 9.59 Å². The lowest BCUT2D eigenvalue weighted by Crippen LogP contribution is -2.36. The molecule has 34 heavy (non-hydrogen) atoms. The summed E-state index contributed by atoms with van der Waals surface area (Å²) in [6.07, 6.45) is 0.302. The number of anilines is 1. The highest BCUT2D eigenvalue weighted by molar-refractivity contribution is 7.99. The van der Waals surface area contributed by atoms with Crippen LogP contribution in [0.5, 0.6) is 5.75 Å². The maximum absolute atomic E-state index is 12.5. The van der Waals surface area contributed by atoms with E-state index in [4.69, 9.17) is 4.74 Å². The van der Waals surface area contributed by atoms with Crippen LogP contribution in [-0.4, -0.2) is 38.4 Å². The summed E-state index contributed by atoms with van der Waals surface area (Å²) in [4.78, 5) is 24.8. The highest BCUT2D eigenvalue weighted by atomic mass is 32.2. The molecule has 0 bridgehead atoms. The Labute approximate surface area is 204 Å². The first kappa shape index (κ1) is 25.3. The molecule has 2 amide bonds. The van der Waals surface area contributed by atoms with Crippen LogP contribution in [0.4, 0.5) is 5.69 Å². The number of ether oxygens (including phenoxy) is 1. The van der Waals surface area contributed by atoms with Crippen molar-refractivity contribution in [1.82, 2.24) is 20.1 Å². The van der Waals surface area contributed by atoms with Crippen LogP contribution in [0, 0.1) is 6.92 Å². The highest BCUT2D eigenvalue weighted by Gasteiger charge is 2.18. The lowest BCUT2D eigenvalue weighted by atomic mass is 10.2. The molecular formula is C25H31N5O3S. The van der Waals surface area contributed by atoms with Crippen LogP contribution in [0.25, 0.3) is 0 Å². The van der Waals surface area contributed by atoms with Crippen molar-refractivity contribution in [2.75, 3.05) is 11.1 Å². The number of aryl methyl sites for hydroxylation is 2. The van der Waals surface area contributed by atoms with Crippen LogP contribution in [0.1, 0.15) is 37.7 Å². The van der Waals surface area contributed by atoms with E-state index in [0.717, 1.165) is 17.7 Å². The first-order valence-corrected chi connectivity index (χ1v) is 12.3. The number of aromatic nitrogens is 3. The third-order valence-electron chi connectivity index (χ3n) is 5.21. The largest absolute Gasteiger partial charge is 0.481 e. The van der Waals surface area contributed by atoms with Gasteiger partial charge in [0.15, 0.2) is 17.1 Å². The summed E-state index contributed by atoms with van der Waals surface area (Å²) in [7, 11) is 0. The number of hydrogen-bond donors (Lipinski definition) is 2. The molecule has 0 radical (unpaired) electrons. The summed E-state index contributed by atoms with van der Waals surface area (Å²) in [6, 6.07) is 15.4. The van der Waals surface area contributed by atoms with Crippen LogP contribution < -0.4 is 15.4 Å². The Kier molecular flexibility index (Phi) is 9.09. The number of carbonyl (C=O) groups is 2. The summed E-state index contributed by atoms with van der Waals surface area (Å²) in [5.41, 5.74) is 3.11. The fourth-order valence-electron chi connectivity index (χ4n) is 3.21. The van der Waals surface area contributed by atoms with Gasteiger partial charge in [0, 0.05) is 12.2 Å². The van der Waals surface area contributed by atoms with E-state index in [1.807, 2.05) is 66.9 Å². The molecule has 3 rings (SSSR count). The monoisotopic (exact) mass is 481 g/mol. The SMILES string of the molecule is CCc1ccc(O[C@H](C)C(=O)NCc2nnc(SCC(=O)Nc3ccc(C)cc3)n2CC)cc1.